The molecule has 0 amide bonds. The summed E-state index contributed by atoms with van der Waals surface area (Å²) in [5, 5.41) is 14.9. The maximum Gasteiger partial charge on any atom is 0.422 e. The Morgan fingerprint density at radius 2 is 1.73 bits per heavy atom. The number of piperazine rings is 1. The molecule has 0 spiro atoms. The second kappa shape index (κ2) is 12.5. The number of benzene rings is 2. The van der Waals surface area contributed by atoms with Gasteiger partial charge in [-0.15, -0.1) is 6.42 Å². The van der Waals surface area contributed by atoms with Crippen molar-refractivity contribution in [2.75, 3.05) is 51.3 Å². The zero-order valence-electron chi connectivity index (χ0n) is 28.3. The molecule has 3 saturated heterocycles. The summed E-state index contributed by atoms with van der Waals surface area (Å²) >= 11 is 0. The number of likely N-dealkylation sites (tertiary alicyclic amines) is 1. The zero-order valence-corrected chi connectivity index (χ0v) is 28.3. The van der Waals surface area contributed by atoms with Crippen molar-refractivity contribution in [3.8, 4) is 41.2 Å². The number of halogens is 6. The van der Waals surface area contributed by atoms with Crippen molar-refractivity contribution in [1.82, 2.24) is 25.2 Å². The molecule has 52 heavy (non-hydrogen) atoms. The van der Waals surface area contributed by atoms with Crippen LogP contribution in [0.3, 0.4) is 0 Å². The normalized spacial score (nSPS) is 22.5. The monoisotopic (exact) mass is 726 g/mol. The maximum absolute atomic E-state index is 17.1. The Hall–Kier alpha value is -4.55. The Kier molecular flexibility index (Phi) is 8.33. The molecule has 5 heterocycles. The molecule has 2 unspecified atom stereocenters. The molecule has 4 aliphatic rings. The van der Waals surface area contributed by atoms with Crippen molar-refractivity contribution in [2.45, 2.75) is 62.5 Å². The lowest BCUT2D eigenvalue weighted by atomic mass is 9.92. The predicted octanol–water partition coefficient (Wildman–Crippen LogP) is 6.28. The summed E-state index contributed by atoms with van der Waals surface area (Å²) in [6, 6.07) is 5.50. The molecule has 4 fully saturated rings. The van der Waals surface area contributed by atoms with Gasteiger partial charge in [-0.05, 0) is 49.3 Å². The van der Waals surface area contributed by atoms with Gasteiger partial charge in [-0.3, -0.25) is 0 Å². The minimum Gasteiger partial charge on any atom is -0.508 e. The van der Waals surface area contributed by atoms with Gasteiger partial charge in [0.1, 0.15) is 34.0 Å². The van der Waals surface area contributed by atoms with Crippen molar-refractivity contribution in [2.24, 2.45) is 5.41 Å². The van der Waals surface area contributed by atoms with Crippen LogP contribution in [-0.2, 0) is 0 Å². The Morgan fingerprint density at radius 3 is 2.37 bits per heavy atom. The molecule has 1 aliphatic carbocycles. The third kappa shape index (κ3) is 5.99. The molecule has 9 nitrogen and oxygen atoms in total. The Balaban J connectivity index is 1.19. The highest BCUT2D eigenvalue weighted by atomic mass is 19.4. The number of piperidine rings is 1. The first kappa shape index (κ1) is 34.5. The number of anilines is 1. The van der Waals surface area contributed by atoms with Crippen LogP contribution >= 0.6 is 0 Å². The largest absolute Gasteiger partial charge is 0.508 e. The van der Waals surface area contributed by atoms with E-state index in [0.717, 1.165) is 25.7 Å². The average Bonchev–Trinajstić information content (AvgIpc) is 3.80. The van der Waals surface area contributed by atoms with Crippen molar-refractivity contribution < 1.29 is 40.9 Å². The molecular formula is C37H36F6N6O3. The summed E-state index contributed by atoms with van der Waals surface area (Å²) < 4.78 is 98.3. The summed E-state index contributed by atoms with van der Waals surface area (Å²) in [7, 11) is 1.38. The number of phenols is 1. The molecule has 2 bridgehead atoms. The van der Waals surface area contributed by atoms with E-state index in [2.05, 4.69) is 21.2 Å². The van der Waals surface area contributed by atoms with Gasteiger partial charge in [0.25, 0.3) is 0 Å². The van der Waals surface area contributed by atoms with Crippen LogP contribution in [0, 0.1) is 29.4 Å². The summed E-state index contributed by atoms with van der Waals surface area (Å²) in [4.78, 5) is 17.7. The average molecular weight is 727 g/mol. The maximum atomic E-state index is 17.1. The standard InChI is InChI=1S/C37H36F6N6O3/c1-3-24-26(38)7-4-20-14-23(50)15-25(27(20)24)30-29(39)31-28(33(45-30)51-2)32(49-16-21-5-6-22(17-49)44-21)47-34(46-31)52-19-35(8-9-35)18-48-12-10-36(40,11-13-48)37(41,42)43/h1,4,7,14-15,21-22,44,50H,5-6,8-13,16-19H2,2H3. The lowest BCUT2D eigenvalue weighted by Gasteiger charge is -2.38. The Bertz CT molecular complexity index is 2100. The van der Waals surface area contributed by atoms with Crippen molar-refractivity contribution in [1.29, 1.82) is 0 Å². The van der Waals surface area contributed by atoms with Crippen LogP contribution in [0.25, 0.3) is 32.9 Å². The summed E-state index contributed by atoms with van der Waals surface area (Å²) in [6.07, 6.45) is 2.93. The van der Waals surface area contributed by atoms with Gasteiger partial charge in [-0.1, -0.05) is 12.0 Å². The van der Waals surface area contributed by atoms with Gasteiger partial charge in [0.05, 0.1) is 19.3 Å². The van der Waals surface area contributed by atoms with E-state index in [1.807, 2.05) is 9.80 Å². The second-order valence-corrected chi connectivity index (χ2v) is 14.6. The van der Waals surface area contributed by atoms with Gasteiger partial charge >= 0.3 is 12.2 Å². The minimum absolute atomic E-state index is 0.000500. The van der Waals surface area contributed by atoms with Crippen LogP contribution < -0.4 is 19.7 Å². The number of aromatic hydroxyl groups is 1. The number of hydrogen-bond donors (Lipinski definition) is 2. The van der Waals surface area contributed by atoms with Crippen molar-refractivity contribution >= 4 is 27.5 Å². The Labute approximate surface area is 295 Å². The van der Waals surface area contributed by atoms with E-state index in [4.69, 9.17) is 20.9 Å². The van der Waals surface area contributed by atoms with Crippen LogP contribution in [0.15, 0.2) is 24.3 Å². The van der Waals surface area contributed by atoms with Gasteiger partial charge < -0.3 is 29.7 Å². The third-order valence-electron chi connectivity index (χ3n) is 11.1. The highest BCUT2D eigenvalue weighted by Gasteiger charge is 2.57. The fourth-order valence-corrected chi connectivity index (χ4v) is 8.01. The third-order valence-corrected chi connectivity index (χ3v) is 11.1. The highest BCUT2D eigenvalue weighted by molar-refractivity contribution is 6.04. The molecular weight excluding hydrogens is 690 g/mol. The van der Waals surface area contributed by atoms with E-state index < -0.39 is 41.7 Å². The topological polar surface area (TPSA) is 95.9 Å². The fourth-order valence-electron chi connectivity index (χ4n) is 8.01. The first-order valence-electron chi connectivity index (χ1n) is 17.3. The SMILES string of the molecule is C#Cc1c(F)ccc2cc(O)cc(-c3nc(OC)c4c(N5CC6CCC(C5)N6)nc(OCC5(CN6CCC(F)(C(F)(F)F)CC6)CC5)nc4c3F)c12. The summed E-state index contributed by atoms with van der Waals surface area (Å²) in [5.41, 5.74) is -4.14. The summed E-state index contributed by atoms with van der Waals surface area (Å²) in [6.45, 7) is 1.61. The number of methoxy groups -OCH3 is 1. The van der Waals surface area contributed by atoms with Gasteiger partial charge in [0.2, 0.25) is 11.5 Å². The van der Waals surface area contributed by atoms with E-state index in [1.54, 1.807) is 0 Å². The first-order chi connectivity index (χ1) is 24.8. The second-order valence-electron chi connectivity index (χ2n) is 14.6. The van der Waals surface area contributed by atoms with Crippen molar-refractivity contribution in [3.63, 3.8) is 0 Å². The smallest absolute Gasteiger partial charge is 0.422 e. The van der Waals surface area contributed by atoms with Gasteiger partial charge in [-0.25, -0.2) is 18.2 Å². The number of phenolic OH excluding ortho intramolecular Hbond substituents is 1. The quantitative estimate of drug-likeness (QED) is 0.161. The molecule has 2 atom stereocenters. The molecule has 2 aromatic carbocycles. The number of nitrogens with zero attached hydrogens (tertiary/aromatic N) is 5. The van der Waals surface area contributed by atoms with Gasteiger partial charge in [-0.2, -0.15) is 23.1 Å². The van der Waals surface area contributed by atoms with Crippen LogP contribution in [0.2, 0.25) is 0 Å². The number of alkyl halides is 4. The summed E-state index contributed by atoms with van der Waals surface area (Å²) in [5.74, 6) is 0.878. The molecule has 274 valence electrons. The molecule has 2 N–H and O–H groups in total. The van der Waals surface area contributed by atoms with E-state index in [9.17, 15) is 27.1 Å². The number of rotatable bonds is 8. The van der Waals surface area contributed by atoms with E-state index in [-0.39, 0.29) is 82.5 Å². The molecule has 1 saturated carbocycles. The van der Waals surface area contributed by atoms with E-state index in [0.29, 0.717) is 30.8 Å². The number of hydrogen-bond acceptors (Lipinski definition) is 9. The lowest BCUT2D eigenvalue weighted by molar-refractivity contribution is -0.243. The first-order valence-corrected chi connectivity index (χ1v) is 17.3. The minimum atomic E-state index is -4.91. The van der Waals surface area contributed by atoms with Gasteiger partial charge in [0.15, 0.2) is 5.82 Å². The van der Waals surface area contributed by atoms with Crippen LogP contribution in [0.4, 0.5) is 32.2 Å². The predicted molar refractivity (Wildman–Crippen MR) is 181 cm³/mol. The number of ether oxygens (including phenoxy) is 2. The molecule has 3 aliphatic heterocycles. The van der Waals surface area contributed by atoms with Crippen LogP contribution in [0.5, 0.6) is 17.6 Å². The van der Waals surface area contributed by atoms with Crippen LogP contribution in [0.1, 0.15) is 44.1 Å². The molecule has 8 rings (SSSR count). The number of terminal acetylenes is 1. The molecule has 0 radical (unpaired) electrons. The lowest BCUT2D eigenvalue weighted by Crippen LogP contribution is -2.51. The number of pyridine rings is 1. The molecule has 2 aromatic heterocycles. The van der Waals surface area contributed by atoms with Crippen LogP contribution in [-0.4, -0.2) is 95.3 Å². The molecule has 4 aromatic rings. The Morgan fingerprint density at radius 1 is 1.02 bits per heavy atom. The molecule has 15 heteroatoms. The highest BCUT2D eigenvalue weighted by Crippen LogP contribution is 2.49. The number of nitrogens with one attached hydrogen (secondary N) is 1. The fraction of sp³-hybridized carbons (Fsp3) is 0.486. The van der Waals surface area contributed by atoms with Crippen molar-refractivity contribution in [3.05, 3.63) is 41.5 Å². The zero-order chi connectivity index (χ0) is 36.6. The van der Waals surface area contributed by atoms with E-state index >= 15 is 4.39 Å². The van der Waals surface area contributed by atoms with E-state index in [1.165, 1.54) is 31.4 Å². The number of fused-ring (bicyclic) bond motifs is 4. The van der Waals surface area contributed by atoms with Gasteiger partial charge in [0, 0.05) is 74.0 Å². The number of aromatic nitrogens is 3.